The molecular weight excluding hydrogens is 249 g/mol. The Kier molecular flexibility index (Phi) is 6.77. The second-order valence-electron chi connectivity index (χ2n) is 5.32. The largest absolute Gasteiger partial charge is 0.352 e. The lowest BCUT2D eigenvalue weighted by Crippen LogP contribution is -2.52. The number of amides is 2. The van der Waals surface area contributed by atoms with Gasteiger partial charge in [-0.15, -0.1) is 0 Å². The van der Waals surface area contributed by atoms with E-state index in [9.17, 15) is 14.0 Å². The van der Waals surface area contributed by atoms with E-state index in [2.05, 4.69) is 16.0 Å². The first-order chi connectivity index (χ1) is 9.04. The minimum Gasteiger partial charge on any atom is -0.352 e. The van der Waals surface area contributed by atoms with Crippen molar-refractivity contribution >= 4 is 11.8 Å². The fraction of sp³-hybridized carbons (Fsp3) is 0.846. The molecule has 1 rings (SSSR count). The van der Waals surface area contributed by atoms with Gasteiger partial charge in [-0.3, -0.25) is 9.59 Å². The molecule has 6 heteroatoms. The summed E-state index contributed by atoms with van der Waals surface area (Å²) in [6.07, 6.45) is 2.32. The highest BCUT2D eigenvalue weighted by atomic mass is 19.1. The van der Waals surface area contributed by atoms with Crippen molar-refractivity contribution in [2.45, 2.75) is 45.2 Å². The van der Waals surface area contributed by atoms with Crippen molar-refractivity contribution in [1.29, 1.82) is 0 Å². The average molecular weight is 273 g/mol. The van der Waals surface area contributed by atoms with Gasteiger partial charge in [-0.05, 0) is 31.7 Å². The van der Waals surface area contributed by atoms with Gasteiger partial charge in [-0.1, -0.05) is 13.8 Å². The number of nitrogens with one attached hydrogen (secondary N) is 3. The predicted octanol–water partition coefficient (Wildman–Crippen LogP) is 0.355. The van der Waals surface area contributed by atoms with Gasteiger partial charge >= 0.3 is 0 Å². The van der Waals surface area contributed by atoms with Crippen LogP contribution in [0.15, 0.2) is 0 Å². The lowest BCUT2D eigenvalue weighted by molar-refractivity contribution is -0.130. The van der Waals surface area contributed by atoms with Crippen LogP contribution in [0.25, 0.3) is 0 Å². The van der Waals surface area contributed by atoms with Crippen molar-refractivity contribution in [3.05, 3.63) is 0 Å². The quantitative estimate of drug-likeness (QED) is 0.627. The fourth-order valence-electron chi connectivity index (χ4n) is 2.18. The van der Waals surface area contributed by atoms with E-state index in [0.717, 1.165) is 19.4 Å². The lowest BCUT2D eigenvalue weighted by atomic mass is 10.0. The van der Waals surface area contributed by atoms with Gasteiger partial charge in [0.15, 0.2) is 0 Å². The van der Waals surface area contributed by atoms with Crippen LogP contribution in [-0.2, 0) is 9.59 Å². The minimum atomic E-state index is -0.599. The van der Waals surface area contributed by atoms with Crippen LogP contribution in [0.5, 0.6) is 0 Å². The van der Waals surface area contributed by atoms with Crippen LogP contribution in [-0.4, -0.2) is 43.7 Å². The summed E-state index contributed by atoms with van der Waals surface area (Å²) in [6, 6.07) is -0.787. The molecule has 0 saturated carbocycles. The second-order valence-corrected chi connectivity index (χ2v) is 5.32. The molecule has 19 heavy (non-hydrogen) atoms. The molecule has 0 aromatic rings. The number of hydrogen-bond donors (Lipinski definition) is 3. The molecular formula is C13H24FN3O2. The maximum absolute atomic E-state index is 12.1. The van der Waals surface area contributed by atoms with Crippen molar-refractivity contribution in [3.63, 3.8) is 0 Å². The zero-order valence-corrected chi connectivity index (χ0v) is 11.7. The molecule has 5 nitrogen and oxygen atoms in total. The number of carbonyl (C=O) groups excluding carboxylic acids is 2. The van der Waals surface area contributed by atoms with Crippen LogP contribution in [0.2, 0.25) is 0 Å². The van der Waals surface area contributed by atoms with Gasteiger partial charge in [0.2, 0.25) is 11.8 Å². The number of halogens is 1. The van der Waals surface area contributed by atoms with Crippen LogP contribution in [0.4, 0.5) is 4.39 Å². The summed E-state index contributed by atoms with van der Waals surface area (Å²) in [5.41, 5.74) is 0. The van der Waals surface area contributed by atoms with E-state index in [1.807, 2.05) is 13.8 Å². The van der Waals surface area contributed by atoms with E-state index in [1.54, 1.807) is 0 Å². The molecule has 1 saturated heterocycles. The Labute approximate surface area is 113 Å². The molecule has 1 fully saturated rings. The van der Waals surface area contributed by atoms with Crippen molar-refractivity contribution in [2.75, 3.05) is 19.8 Å². The molecule has 1 aliphatic rings. The van der Waals surface area contributed by atoms with Gasteiger partial charge < -0.3 is 16.0 Å². The first-order valence-corrected chi connectivity index (χ1v) is 6.92. The molecule has 0 bridgehead atoms. The molecule has 0 aromatic heterocycles. The summed E-state index contributed by atoms with van der Waals surface area (Å²) in [5, 5.41) is 8.34. The van der Waals surface area contributed by atoms with E-state index in [4.69, 9.17) is 0 Å². The molecule has 0 aromatic carbocycles. The third-order valence-corrected chi connectivity index (χ3v) is 3.11. The SMILES string of the molecule is CC(C)C[C@H](NC(=O)[C@@H]1CCCN1)C(=O)NCCF. The van der Waals surface area contributed by atoms with Crippen LogP contribution >= 0.6 is 0 Å². The Hall–Kier alpha value is -1.17. The van der Waals surface area contributed by atoms with Gasteiger partial charge in [0.25, 0.3) is 0 Å². The summed E-state index contributed by atoms with van der Waals surface area (Å²) >= 11 is 0. The van der Waals surface area contributed by atoms with E-state index in [-0.39, 0.29) is 30.3 Å². The Morgan fingerprint density at radius 2 is 2.16 bits per heavy atom. The molecule has 2 atom stereocenters. The third-order valence-electron chi connectivity index (χ3n) is 3.11. The molecule has 0 aliphatic carbocycles. The summed E-state index contributed by atoms with van der Waals surface area (Å²) in [6.45, 7) is 4.19. The molecule has 2 amide bonds. The van der Waals surface area contributed by atoms with Crippen molar-refractivity contribution in [3.8, 4) is 0 Å². The Balaban J connectivity index is 2.52. The highest BCUT2D eigenvalue weighted by Gasteiger charge is 2.27. The number of rotatable bonds is 7. The molecule has 0 spiro atoms. The van der Waals surface area contributed by atoms with Crippen LogP contribution in [0, 0.1) is 5.92 Å². The van der Waals surface area contributed by atoms with E-state index in [0.29, 0.717) is 6.42 Å². The lowest BCUT2D eigenvalue weighted by Gasteiger charge is -2.21. The van der Waals surface area contributed by atoms with Gasteiger partial charge in [-0.2, -0.15) is 0 Å². The maximum atomic E-state index is 12.1. The Bertz CT molecular complexity index is 304. The highest BCUT2D eigenvalue weighted by Crippen LogP contribution is 2.08. The topological polar surface area (TPSA) is 70.2 Å². The van der Waals surface area contributed by atoms with Crippen LogP contribution in [0.3, 0.4) is 0 Å². The van der Waals surface area contributed by atoms with Gasteiger partial charge in [0, 0.05) is 6.54 Å². The van der Waals surface area contributed by atoms with Crippen molar-refractivity contribution in [2.24, 2.45) is 5.92 Å². The predicted molar refractivity (Wildman–Crippen MR) is 71.4 cm³/mol. The highest BCUT2D eigenvalue weighted by molar-refractivity contribution is 5.89. The molecule has 1 heterocycles. The monoisotopic (exact) mass is 273 g/mol. The smallest absolute Gasteiger partial charge is 0.242 e. The standard InChI is InChI=1S/C13H24FN3O2/c1-9(2)8-11(12(18)16-7-5-14)17-13(19)10-4-3-6-15-10/h9-11,15H,3-8H2,1-2H3,(H,16,18)(H,17,19)/t10-,11-/m0/s1. The number of carbonyl (C=O) groups is 2. The zero-order chi connectivity index (χ0) is 14.3. The van der Waals surface area contributed by atoms with Crippen molar-refractivity contribution in [1.82, 2.24) is 16.0 Å². The zero-order valence-electron chi connectivity index (χ0n) is 11.7. The van der Waals surface area contributed by atoms with Crippen LogP contribution < -0.4 is 16.0 Å². The van der Waals surface area contributed by atoms with E-state index < -0.39 is 12.7 Å². The average Bonchev–Trinajstić information content (AvgIpc) is 2.88. The minimum absolute atomic E-state index is 0.00895. The van der Waals surface area contributed by atoms with Crippen molar-refractivity contribution < 1.29 is 14.0 Å². The molecule has 0 unspecified atom stereocenters. The third kappa shape index (κ3) is 5.55. The Morgan fingerprint density at radius 1 is 1.42 bits per heavy atom. The molecule has 3 N–H and O–H groups in total. The summed E-state index contributed by atoms with van der Waals surface area (Å²) in [4.78, 5) is 23.9. The van der Waals surface area contributed by atoms with Gasteiger partial charge in [-0.25, -0.2) is 4.39 Å². The van der Waals surface area contributed by atoms with Gasteiger partial charge in [0.1, 0.15) is 12.7 Å². The maximum Gasteiger partial charge on any atom is 0.242 e. The molecule has 1 aliphatic heterocycles. The van der Waals surface area contributed by atoms with Gasteiger partial charge in [0.05, 0.1) is 6.04 Å². The fourth-order valence-corrected chi connectivity index (χ4v) is 2.18. The first kappa shape index (κ1) is 15.9. The molecule has 0 radical (unpaired) electrons. The Morgan fingerprint density at radius 3 is 2.68 bits per heavy atom. The number of hydrogen-bond acceptors (Lipinski definition) is 3. The summed E-state index contributed by atoms with van der Waals surface area (Å²) in [7, 11) is 0. The van der Waals surface area contributed by atoms with Crippen LogP contribution in [0.1, 0.15) is 33.1 Å². The first-order valence-electron chi connectivity index (χ1n) is 6.92. The van der Waals surface area contributed by atoms with E-state index >= 15 is 0 Å². The summed E-state index contributed by atoms with van der Waals surface area (Å²) in [5.74, 6) is -0.172. The van der Waals surface area contributed by atoms with E-state index in [1.165, 1.54) is 0 Å². The normalized spacial score (nSPS) is 20.3. The molecule has 110 valence electrons. The summed E-state index contributed by atoms with van der Waals surface area (Å²) < 4.78 is 12.1. The number of alkyl halides is 1. The second kappa shape index (κ2) is 8.09.